The fraction of sp³-hybridized carbons (Fsp3) is 0.394. The van der Waals surface area contributed by atoms with Crippen LogP contribution in [0.25, 0.3) is 0 Å². The molecule has 0 unspecified atom stereocenters. The molecule has 44 heavy (non-hydrogen) atoms. The van der Waals surface area contributed by atoms with Gasteiger partial charge >= 0.3 is 0 Å². The maximum absolute atomic E-state index is 14.3. The zero-order chi connectivity index (χ0) is 31.7. The Morgan fingerprint density at radius 2 is 1.59 bits per heavy atom. The number of amides is 2. The molecule has 1 aliphatic rings. The highest BCUT2D eigenvalue weighted by Gasteiger charge is 2.34. The summed E-state index contributed by atoms with van der Waals surface area (Å²) in [7, 11) is -4.17. The highest BCUT2D eigenvalue weighted by molar-refractivity contribution is 9.10. The summed E-state index contributed by atoms with van der Waals surface area (Å²) >= 11 is 9.47. The van der Waals surface area contributed by atoms with E-state index in [2.05, 4.69) is 21.2 Å². The molecule has 4 rings (SSSR count). The number of carbonyl (C=O) groups is 2. The number of halogens is 2. The normalized spacial score (nSPS) is 14.5. The summed E-state index contributed by atoms with van der Waals surface area (Å²) in [6.07, 6.45) is 5.44. The third-order valence-electron chi connectivity index (χ3n) is 7.72. The molecule has 1 atom stereocenters. The van der Waals surface area contributed by atoms with E-state index in [1.54, 1.807) is 60.7 Å². The van der Waals surface area contributed by atoms with Crippen LogP contribution in [-0.4, -0.2) is 50.4 Å². The molecule has 8 nitrogen and oxygen atoms in total. The van der Waals surface area contributed by atoms with Crippen LogP contribution in [-0.2, 0) is 26.2 Å². The maximum atomic E-state index is 14.3. The fourth-order valence-electron chi connectivity index (χ4n) is 5.39. The SMILES string of the molecule is CCOc1ccc(N(CC(=O)N(Cc2ccc(Cl)cc2)[C@@H](CC)C(=O)NC2CCCCC2)S(=O)(=O)c2ccc(Br)cc2)cc1. The summed E-state index contributed by atoms with van der Waals surface area (Å²) in [5, 5.41) is 3.71. The lowest BCUT2D eigenvalue weighted by molar-refractivity contribution is -0.140. The third kappa shape index (κ3) is 8.76. The molecule has 236 valence electrons. The summed E-state index contributed by atoms with van der Waals surface area (Å²) < 4.78 is 35.5. The minimum atomic E-state index is -4.17. The number of hydrogen-bond acceptors (Lipinski definition) is 5. The summed E-state index contributed by atoms with van der Waals surface area (Å²) in [6.45, 7) is 3.78. The molecule has 0 aliphatic heterocycles. The van der Waals surface area contributed by atoms with E-state index in [1.807, 2.05) is 13.8 Å². The van der Waals surface area contributed by atoms with E-state index in [0.29, 0.717) is 29.5 Å². The van der Waals surface area contributed by atoms with Crippen molar-refractivity contribution in [1.82, 2.24) is 10.2 Å². The van der Waals surface area contributed by atoms with Crippen LogP contribution in [0, 0.1) is 0 Å². The van der Waals surface area contributed by atoms with Crippen molar-refractivity contribution in [2.24, 2.45) is 0 Å². The molecule has 1 saturated carbocycles. The number of sulfonamides is 1. The Balaban J connectivity index is 1.70. The van der Waals surface area contributed by atoms with Gasteiger partial charge in [-0.15, -0.1) is 0 Å². The molecule has 1 N–H and O–H groups in total. The predicted octanol–water partition coefficient (Wildman–Crippen LogP) is 6.95. The second-order valence-electron chi connectivity index (χ2n) is 10.8. The van der Waals surface area contributed by atoms with Crippen LogP contribution in [0.3, 0.4) is 0 Å². The van der Waals surface area contributed by atoms with E-state index in [4.69, 9.17) is 16.3 Å². The zero-order valence-electron chi connectivity index (χ0n) is 25.0. The number of anilines is 1. The number of ether oxygens (including phenoxy) is 1. The van der Waals surface area contributed by atoms with Gasteiger partial charge in [-0.1, -0.05) is 65.8 Å². The summed E-state index contributed by atoms with van der Waals surface area (Å²) in [5.41, 5.74) is 1.07. The van der Waals surface area contributed by atoms with Crippen LogP contribution in [0.1, 0.15) is 57.9 Å². The monoisotopic (exact) mass is 703 g/mol. The van der Waals surface area contributed by atoms with Gasteiger partial charge in [0.25, 0.3) is 10.0 Å². The highest BCUT2D eigenvalue weighted by atomic mass is 79.9. The van der Waals surface area contributed by atoms with Crippen LogP contribution in [0.2, 0.25) is 5.02 Å². The van der Waals surface area contributed by atoms with Gasteiger partial charge in [0.15, 0.2) is 0 Å². The standard InChI is InChI=1S/C33H39BrClN3O5S/c1-3-31(33(40)36-27-8-6-5-7-9-27)37(22-24-10-14-26(35)15-11-24)32(39)23-38(28-16-18-29(19-17-28)43-4-2)44(41,42)30-20-12-25(34)13-21-30/h10-21,27,31H,3-9,22-23H2,1-2H3,(H,36,40)/t31-/m0/s1. The molecular formula is C33H39BrClN3O5S. The largest absolute Gasteiger partial charge is 0.494 e. The highest BCUT2D eigenvalue weighted by Crippen LogP contribution is 2.28. The number of carbonyl (C=O) groups excluding carboxylic acids is 2. The van der Waals surface area contributed by atoms with Crippen molar-refractivity contribution in [3.63, 3.8) is 0 Å². The lowest BCUT2D eigenvalue weighted by Gasteiger charge is -2.34. The van der Waals surface area contributed by atoms with E-state index in [-0.39, 0.29) is 23.4 Å². The van der Waals surface area contributed by atoms with Gasteiger partial charge in [-0.05, 0) is 92.4 Å². The Morgan fingerprint density at radius 1 is 0.955 bits per heavy atom. The van der Waals surface area contributed by atoms with Crippen molar-refractivity contribution >= 4 is 55.1 Å². The van der Waals surface area contributed by atoms with E-state index < -0.39 is 28.5 Å². The third-order valence-corrected chi connectivity index (χ3v) is 10.3. The second-order valence-corrected chi connectivity index (χ2v) is 14.0. The topological polar surface area (TPSA) is 96.0 Å². The average molecular weight is 705 g/mol. The van der Waals surface area contributed by atoms with Crippen LogP contribution in [0.5, 0.6) is 5.75 Å². The number of nitrogens with zero attached hydrogens (tertiary/aromatic N) is 2. The van der Waals surface area contributed by atoms with E-state index >= 15 is 0 Å². The minimum absolute atomic E-state index is 0.0359. The van der Waals surface area contributed by atoms with E-state index in [1.165, 1.54) is 17.0 Å². The molecule has 0 saturated heterocycles. The second kappa shape index (κ2) is 15.8. The Hall–Kier alpha value is -3.08. The van der Waals surface area contributed by atoms with Crippen LogP contribution >= 0.6 is 27.5 Å². The van der Waals surface area contributed by atoms with Crippen molar-refractivity contribution in [2.45, 2.75) is 75.9 Å². The summed E-state index contributed by atoms with van der Waals surface area (Å²) in [4.78, 5) is 29.5. The van der Waals surface area contributed by atoms with E-state index in [0.717, 1.165) is 46.4 Å². The molecule has 0 bridgehead atoms. The van der Waals surface area contributed by atoms with Crippen molar-refractivity contribution in [1.29, 1.82) is 0 Å². The first-order valence-corrected chi connectivity index (χ1v) is 17.6. The van der Waals surface area contributed by atoms with Crippen molar-refractivity contribution in [2.75, 3.05) is 17.5 Å². The number of rotatable bonds is 13. The van der Waals surface area contributed by atoms with Gasteiger partial charge in [0.05, 0.1) is 17.2 Å². The average Bonchev–Trinajstić information content (AvgIpc) is 3.02. The van der Waals surface area contributed by atoms with Gasteiger partial charge in [0, 0.05) is 22.1 Å². The van der Waals surface area contributed by atoms with Crippen molar-refractivity contribution in [3.05, 3.63) is 87.9 Å². The lowest BCUT2D eigenvalue weighted by Crippen LogP contribution is -2.54. The first kappa shape index (κ1) is 33.8. The van der Waals surface area contributed by atoms with Gasteiger partial charge in [-0.3, -0.25) is 13.9 Å². The Labute approximate surface area is 273 Å². The van der Waals surface area contributed by atoms with Crippen LogP contribution < -0.4 is 14.4 Å². The smallest absolute Gasteiger partial charge is 0.264 e. The molecule has 3 aromatic carbocycles. The van der Waals surface area contributed by atoms with Gasteiger partial charge in [0.2, 0.25) is 11.8 Å². The molecule has 0 aromatic heterocycles. The molecule has 3 aromatic rings. The molecule has 0 spiro atoms. The summed E-state index contributed by atoms with van der Waals surface area (Å²) in [5.74, 6) is -0.149. The fourth-order valence-corrected chi connectivity index (χ4v) is 7.19. The van der Waals surface area contributed by atoms with Gasteiger partial charge in [0.1, 0.15) is 18.3 Å². The number of hydrogen-bond donors (Lipinski definition) is 1. The van der Waals surface area contributed by atoms with Gasteiger partial charge < -0.3 is 15.0 Å². The van der Waals surface area contributed by atoms with Crippen molar-refractivity contribution < 1.29 is 22.7 Å². The molecule has 1 fully saturated rings. The number of benzene rings is 3. The lowest BCUT2D eigenvalue weighted by atomic mass is 9.95. The van der Waals surface area contributed by atoms with Crippen LogP contribution in [0.4, 0.5) is 5.69 Å². The number of nitrogens with one attached hydrogen (secondary N) is 1. The van der Waals surface area contributed by atoms with E-state index in [9.17, 15) is 18.0 Å². The first-order valence-electron chi connectivity index (χ1n) is 15.0. The predicted molar refractivity (Wildman–Crippen MR) is 177 cm³/mol. The van der Waals surface area contributed by atoms with Gasteiger partial charge in [-0.25, -0.2) is 8.42 Å². The maximum Gasteiger partial charge on any atom is 0.264 e. The Bertz CT molecular complexity index is 1500. The van der Waals surface area contributed by atoms with Gasteiger partial charge in [-0.2, -0.15) is 0 Å². The molecule has 11 heteroatoms. The molecule has 0 heterocycles. The van der Waals surface area contributed by atoms with Crippen molar-refractivity contribution in [3.8, 4) is 5.75 Å². The minimum Gasteiger partial charge on any atom is -0.494 e. The summed E-state index contributed by atoms with van der Waals surface area (Å²) in [6, 6.07) is 19.2. The Morgan fingerprint density at radius 3 is 2.18 bits per heavy atom. The Kier molecular flexibility index (Phi) is 12.1. The quantitative estimate of drug-likeness (QED) is 0.208. The zero-order valence-corrected chi connectivity index (χ0v) is 28.2. The molecule has 2 amide bonds. The van der Waals surface area contributed by atoms with Crippen LogP contribution in [0.15, 0.2) is 82.2 Å². The molecule has 0 radical (unpaired) electrons. The molecule has 1 aliphatic carbocycles. The first-order chi connectivity index (χ1) is 21.1. The molecular weight excluding hydrogens is 666 g/mol.